The number of aryl methyl sites for hydroxylation is 1. The largest absolute Gasteiger partial charge is 0.315 e. The van der Waals surface area contributed by atoms with Crippen molar-refractivity contribution in [3.05, 3.63) is 92.5 Å². The lowest BCUT2D eigenvalue weighted by Gasteiger charge is -2.10. The van der Waals surface area contributed by atoms with Crippen molar-refractivity contribution in [1.29, 1.82) is 5.26 Å². The lowest BCUT2D eigenvalue weighted by Crippen LogP contribution is -2.06. The Kier molecular flexibility index (Phi) is 5.69. The third kappa shape index (κ3) is 3.73. The van der Waals surface area contributed by atoms with E-state index < -0.39 is 11.6 Å². The summed E-state index contributed by atoms with van der Waals surface area (Å²) in [5, 5.41) is 10.3. The first-order chi connectivity index (χ1) is 13.3. The minimum absolute atomic E-state index is 0.0713. The lowest BCUT2D eigenvalue weighted by atomic mass is 10.0. The molecule has 0 saturated heterocycles. The van der Waals surface area contributed by atoms with Gasteiger partial charge in [0, 0.05) is 27.0 Å². The Morgan fingerprint density at radius 2 is 1.86 bits per heavy atom. The van der Waals surface area contributed by atoms with Gasteiger partial charge in [0.25, 0.3) is 0 Å². The van der Waals surface area contributed by atoms with Gasteiger partial charge in [0.05, 0.1) is 5.69 Å². The molecule has 6 heteroatoms. The molecule has 2 aromatic carbocycles. The Labute approximate surface area is 172 Å². The number of Topliss-reactive ketones (excluding diaryl/α,β-unsaturated/α-hetero) is 1. The van der Waals surface area contributed by atoms with Crippen LogP contribution in [-0.2, 0) is 0 Å². The summed E-state index contributed by atoms with van der Waals surface area (Å²) in [5.74, 6) is -0.850. The first-order valence-electron chi connectivity index (χ1n) is 8.39. The Balaban J connectivity index is 2.07. The van der Waals surface area contributed by atoms with Gasteiger partial charge in [-0.15, -0.1) is 0 Å². The molecule has 0 aliphatic rings. The van der Waals surface area contributed by atoms with Gasteiger partial charge in [-0.25, -0.2) is 4.39 Å². The fourth-order valence-corrected chi connectivity index (χ4v) is 3.53. The summed E-state index contributed by atoms with van der Waals surface area (Å²) in [7, 11) is 0. The normalized spacial score (nSPS) is 11.4. The fraction of sp³-hybridized carbons (Fsp3) is 0.0909. The number of halogens is 3. The van der Waals surface area contributed by atoms with E-state index in [4.69, 9.17) is 23.2 Å². The number of allylic oxidation sites excluding steroid dienone is 1. The molecule has 0 amide bonds. The standard InChI is InChI=1S/C22H15Cl2FN2O/c1-13-9-18(14(2)27(13)21-6-4-3-5-20(21)25)22(28)16(12-26)10-15-7-8-17(23)11-19(15)24/h3-11H,1-2H3/b16-10-. The van der Waals surface area contributed by atoms with E-state index in [-0.39, 0.29) is 5.57 Å². The summed E-state index contributed by atoms with van der Waals surface area (Å²) in [6.07, 6.45) is 1.43. The number of aromatic nitrogens is 1. The highest BCUT2D eigenvalue weighted by Crippen LogP contribution is 2.27. The molecule has 140 valence electrons. The Morgan fingerprint density at radius 1 is 1.14 bits per heavy atom. The van der Waals surface area contributed by atoms with Gasteiger partial charge < -0.3 is 4.57 Å². The number of carbonyl (C=O) groups excluding carboxylic acids is 1. The van der Waals surface area contributed by atoms with Crippen molar-refractivity contribution in [2.45, 2.75) is 13.8 Å². The minimum atomic E-state index is -0.454. The van der Waals surface area contributed by atoms with Crippen molar-refractivity contribution in [1.82, 2.24) is 4.57 Å². The predicted octanol–water partition coefficient (Wildman–Crippen LogP) is 6.33. The smallest absolute Gasteiger partial charge is 0.205 e. The summed E-state index contributed by atoms with van der Waals surface area (Å²) >= 11 is 12.0. The highest BCUT2D eigenvalue weighted by Gasteiger charge is 2.21. The summed E-state index contributed by atoms with van der Waals surface area (Å²) < 4.78 is 15.9. The molecule has 0 aliphatic heterocycles. The summed E-state index contributed by atoms with van der Waals surface area (Å²) in [6, 6.07) is 14.7. The Morgan fingerprint density at radius 3 is 2.50 bits per heavy atom. The highest BCUT2D eigenvalue weighted by molar-refractivity contribution is 6.35. The molecule has 3 aromatic rings. The van der Waals surface area contributed by atoms with E-state index in [1.165, 1.54) is 12.1 Å². The van der Waals surface area contributed by atoms with Crippen molar-refractivity contribution in [2.75, 3.05) is 0 Å². The van der Waals surface area contributed by atoms with Crippen LogP contribution in [0.5, 0.6) is 0 Å². The molecule has 0 saturated carbocycles. The molecular formula is C22H15Cl2FN2O. The molecule has 0 radical (unpaired) electrons. The van der Waals surface area contributed by atoms with Crippen LogP contribution in [0.2, 0.25) is 10.0 Å². The van der Waals surface area contributed by atoms with Gasteiger partial charge in [-0.1, -0.05) is 41.4 Å². The zero-order valence-corrected chi connectivity index (χ0v) is 16.6. The molecule has 1 aromatic heterocycles. The van der Waals surface area contributed by atoms with E-state index in [0.29, 0.717) is 38.2 Å². The monoisotopic (exact) mass is 412 g/mol. The van der Waals surface area contributed by atoms with E-state index in [1.807, 2.05) is 6.07 Å². The first-order valence-corrected chi connectivity index (χ1v) is 9.14. The average molecular weight is 413 g/mol. The van der Waals surface area contributed by atoms with E-state index >= 15 is 0 Å². The predicted molar refractivity (Wildman–Crippen MR) is 110 cm³/mol. The Bertz CT molecular complexity index is 1160. The van der Waals surface area contributed by atoms with E-state index in [0.717, 1.165) is 0 Å². The van der Waals surface area contributed by atoms with E-state index in [2.05, 4.69) is 0 Å². The summed E-state index contributed by atoms with van der Waals surface area (Å²) in [4.78, 5) is 13.0. The maximum atomic E-state index is 14.2. The van der Waals surface area contributed by atoms with E-state index in [9.17, 15) is 14.4 Å². The zero-order valence-electron chi connectivity index (χ0n) is 15.1. The maximum absolute atomic E-state index is 14.2. The topological polar surface area (TPSA) is 45.8 Å². The number of carbonyl (C=O) groups is 1. The van der Waals surface area contributed by atoms with Gasteiger partial charge in [-0.05, 0) is 55.8 Å². The molecular weight excluding hydrogens is 398 g/mol. The van der Waals surface area contributed by atoms with Crippen molar-refractivity contribution >= 4 is 35.1 Å². The van der Waals surface area contributed by atoms with Crippen molar-refractivity contribution < 1.29 is 9.18 Å². The van der Waals surface area contributed by atoms with Crippen LogP contribution < -0.4 is 0 Å². The van der Waals surface area contributed by atoms with Crippen LogP contribution >= 0.6 is 23.2 Å². The van der Waals surface area contributed by atoms with Crippen LogP contribution in [0, 0.1) is 31.0 Å². The third-order valence-electron chi connectivity index (χ3n) is 4.40. The summed E-state index contributed by atoms with van der Waals surface area (Å²) in [6.45, 7) is 3.50. The van der Waals surface area contributed by atoms with Crippen LogP contribution in [0.3, 0.4) is 0 Å². The third-order valence-corrected chi connectivity index (χ3v) is 4.96. The molecule has 0 fully saturated rings. The molecule has 0 N–H and O–H groups in total. The zero-order chi connectivity index (χ0) is 20.4. The number of benzene rings is 2. The first kappa shape index (κ1) is 19.9. The molecule has 0 spiro atoms. The van der Waals surface area contributed by atoms with Crippen LogP contribution in [0.4, 0.5) is 4.39 Å². The van der Waals surface area contributed by atoms with Crippen molar-refractivity contribution in [3.8, 4) is 11.8 Å². The number of nitriles is 1. The van der Waals surface area contributed by atoms with Crippen LogP contribution in [-0.4, -0.2) is 10.4 Å². The van der Waals surface area contributed by atoms with Crippen LogP contribution in [0.25, 0.3) is 11.8 Å². The second kappa shape index (κ2) is 8.02. The molecule has 0 bridgehead atoms. The van der Waals surface area contributed by atoms with Gasteiger partial charge in [-0.2, -0.15) is 5.26 Å². The highest BCUT2D eigenvalue weighted by atomic mass is 35.5. The molecule has 0 unspecified atom stereocenters. The average Bonchev–Trinajstić information content (AvgIpc) is 2.95. The second-order valence-electron chi connectivity index (χ2n) is 6.24. The van der Waals surface area contributed by atoms with Crippen LogP contribution in [0.1, 0.15) is 27.3 Å². The molecule has 0 aliphatic carbocycles. The quantitative estimate of drug-likeness (QED) is 0.285. The fourth-order valence-electron chi connectivity index (χ4n) is 3.06. The number of hydrogen-bond donors (Lipinski definition) is 0. The molecule has 28 heavy (non-hydrogen) atoms. The van der Waals surface area contributed by atoms with Crippen molar-refractivity contribution in [3.63, 3.8) is 0 Å². The van der Waals surface area contributed by atoms with Crippen LogP contribution in [0.15, 0.2) is 54.1 Å². The number of rotatable bonds is 4. The number of ketones is 1. The second-order valence-corrected chi connectivity index (χ2v) is 7.08. The SMILES string of the molecule is Cc1cc(C(=O)/C(C#N)=C\c2ccc(Cl)cc2Cl)c(C)n1-c1ccccc1F. The number of para-hydroxylation sites is 1. The van der Waals surface area contributed by atoms with Gasteiger partial charge >= 0.3 is 0 Å². The van der Waals surface area contributed by atoms with Gasteiger partial charge in [0.15, 0.2) is 0 Å². The van der Waals surface area contributed by atoms with Gasteiger partial charge in [0.2, 0.25) is 5.78 Å². The molecule has 3 nitrogen and oxygen atoms in total. The molecule has 0 atom stereocenters. The number of hydrogen-bond acceptors (Lipinski definition) is 2. The molecule has 3 rings (SSSR count). The van der Waals surface area contributed by atoms with Gasteiger partial charge in [0.1, 0.15) is 17.5 Å². The Hall–Kier alpha value is -2.87. The summed E-state index contributed by atoms with van der Waals surface area (Å²) in [5.41, 5.74) is 2.36. The molecule has 1 heterocycles. The van der Waals surface area contributed by atoms with Gasteiger partial charge in [-0.3, -0.25) is 4.79 Å². The lowest BCUT2D eigenvalue weighted by molar-refractivity contribution is 0.103. The van der Waals surface area contributed by atoms with Crippen molar-refractivity contribution in [2.24, 2.45) is 0 Å². The maximum Gasteiger partial charge on any atom is 0.205 e. The minimum Gasteiger partial charge on any atom is -0.315 e. The van der Waals surface area contributed by atoms with E-state index in [1.54, 1.807) is 60.9 Å². The number of nitrogens with zero attached hydrogens (tertiary/aromatic N) is 2.